The molecule has 1 aliphatic rings. The Morgan fingerprint density at radius 2 is 1.86 bits per heavy atom. The summed E-state index contributed by atoms with van der Waals surface area (Å²) in [5.41, 5.74) is 1.33. The highest BCUT2D eigenvalue weighted by molar-refractivity contribution is 5.92. The van der Waals surface area contributed by atoms with Crippen molar-refractivity contribution in [2.75, 3.05) is 13.7 Å². The normalized spacial score (nSPS) is 14.1. The van der Waals surface area contributed by atoms with E-state index in [1.807, 2.05) is 37.3 Å². The molecule has 3 rings (SSSR count). The Balaban J connectivity index is 1.54. The quantitative estimate of drug-likeness (QED) is 0.672. The number of esters is 1. The Hall–Kier alpha value is -3.02. The smallest absolute Gasteiger partial charge is 0.338 e. The number of methoxy groups -OCH3 is 1. The van der Waals surface area contributed by atoms with Crippen molar-refractivity contribution in [2.45, 2.75) is 32.4 Å². The zero-order valence-electron chi connectivity index (χ0n) is 16.1. The Bertz CT molecular complexity index is 817. The number of rotatable bonds is 9. The van der Waals surface area contributed by atoms with Crippen molar-refractivity contribution in [3.8, 4) is 11.5 Å². The first-order valence-corrected chi connectivity index (χ1v) is 9.38. The predicted molar refractivity (Wildman–Crippen MR) is 104 cm³/mol. The van der Waals surface area contributed by atoms with Crippen molar-refractivity contribution in [3.63, 3.8) is 0 Å². The average molecular weight is 383 g/mol. The molecular weight excluding hydrogens is 358 g/mol. The largest absolute Gasteiger partial charge is 0.493 e. The summed E-state index contributed by atoms with van der Waals surface area (Å²) in [5, 5.41) is 2.85. The number of carbonyl (C=O) groups excluding carboxylic acids is 2. The summed E-state index contributed by atoms with van der Waals surface area (Å²) in [7, 11) is 1.51. The molecular formula is C22H25NO5. The van der Waals surface area contributed by atoms with Crippen LogP contribution < -0.4 is 14.8 Å². The van der Waals surface area contributed by atoms with Gasteiger partial charge in [0.15, 0.2) is 18.1 Å². The van der Waals surface area contributed by atoms with E-state index in [9.17, 15) is 9.59 Å². The van der Waals surface area contributed by atoms with Gasteiger partial charge in [-0.25, -0.2) is 4.79 Å². The number of amides is 1. The molecule has 0 aliphatic heterocycles. The first kappa shape index (κ1) is 19.7. The van der Waals surface area contributed by atoms with Gasteiger partial charge in [0.05, 0.1) is 12.7 Å². The second-order valence-electron chi connectivity index (χ2n) is 6.91. The molecule has 0 aromatic heterocycles. The summed E-state index contributed by atoms with van der Waals surface area (Å²) in [6, 6.07) is 14.7. The number of hydrogen-bond donors (Lipinski definition) is 1. The van der Waals surface area contributed by atoms with Crippen LogP contribution >= 0.6 is 0 Å². The van der Waals surface area contributed by atoms with Crippen LogP contribution in [0, 0.1) is 5.92 Å². The van der Waals surface area contributed by atoms with Gasteiger partial charge in [-0.05, 0) is 49.4 Å². The fourth-order valence-electron chi connectivity index (χ4n) is 2.87. The minimum Gasteiger partial charge on any atom is -0.493 e. The highest BCUT2D eigenvalue weighted by Crippen LogP contribution is 2.32. The van der Waals surface area contributed by atoms with Crippen LogP contribution in [0.5, 0.6) is 11.5 Å². The van der Waals surface area contributed by atoms with Crippen LogP contribution in [0.25, 0.3) is 0 Å². The van der Waals surface area contributed by atoms with E-state index in [2.05, 4.69) is 5.32 Å². The minimum atomic E-state index is -0.581. The summed E-state index contributed by atoms with van der Waals surface area (Å²) in [6.45, 7) is 2.06. The standard InChI is InChI=1S/C22H25NO5/c1-15(17-8-9-17)23-21(24)14-28-22(25)18-10-11-19(20(12-18)26-2)27-13-16-6-4-3-5-7-16/h3-7,10-12,15,17H,8-9,13-14H2,1-2H3,(H,23,24)/t15-/m0/s1. The van der Waals surface area contributed by atoms with Gasteiger partial charge in [0.25, 0.3) is 5.91 Å². The summed E-state index contributed by atoms with van der Waals surface area (Å²) >= 11 is 0. The first-order valence-electron chi connectivity index (χ1n) is 9.38. The lowest BCUT2D eigenvalue weighted by Crippen LogP contribution is -2.37. The van der Waals surface area contributed by atoms with Gasteiger partial charge in [-0.1, -0.05) is 30.3 Å². The van der Waals surface area contributed by atoms with Gasteiger partial charge in [-0.2, -0.15) is 0 Å². The lowest BCUT2D eigenvalue weighted by molar-refractivity contribution is -0.124. The molecule has 1 atom stereocenters. The zero-order chi connectivity index (χ0) is 19.9. The van der Waals surface area contributed by atoms with E-state index in [1.54, 1.807) is 18.2 Å². The predicted octanol–water partition coefficient (Wildman–Crippen LogP) is 3.35. The Morgan fingerprint density at radius 1 is 1.11 bits per heavy atom. The van der Waals surface area contributed by atoms with Gasteiger partial charge in [0.1, 0.15) is 6.61 Å². The molecule has 28 heavy (non-hydrogen) atoms. The molecule has 1 amide bonds. The SMILES string of the molecule is COc1cc(C(=O)OCC(=O)N[C@@H](C)C2CC2)ccc1OCc1ccccc1. The topological polar surface area (TPSA) is 73.9 Å². The molecule has 6 nitrogen and oxygen atoms in total. The molecule has 6 heteroatoms. The summed E-state index contributed by atoms with van der Waals surface area (Å²) in [4.78, 5) is 24.1. The Labute approximate surface area is 164 Å². The maximum Gasteiger partial charge on any atom is 0.338 e. The first-order chi connectivity index (χ1) is 13.6. The van der Waals surface area contributed by atoms with Crippen molar-refractivity contribution in [1.29, 1.82) is 0 Å². The van der Waals surface area contributed by atoms with Crippen LogP contribution in [0.4, 0.5) is 0 Å². The lowest BCUT2D eigenvalue weighted by atomic mass is 10.2. The molecule has 0 heterocycles. The maximum absolute atomic E-state index is 12.2. The zero-order valence-corrected chi connectivity index (χ0v) is 16.1. The van der Waals surface area contributed by atoms with E-state index in [-0.39, 0.29) is 18.6 Å². The Morgan fingerprint density at radius 3 is 2.54 bits per heavy atom. The molecule has 1 N–H and O–H groups in total. The molecule has 148 valence electrons. The molecule has 1 aliphatic carbocycles. The lowest BCUT2D eigenvalue weighted by Gasteiger charge is -2.14. The monoisotopic (exact) mass is 383 g/mol. The minimum absolute atomic E-state index is 0.118. The molecule has 0 unspecified atom stereocenters. The summed E-state index contributed by atoms with van der Waals surface area (Å²) < 4.78 is 16.2. The van der Waals surface area contributed by atoms with Crippen molar-refractivity contribution in [3.05, 3.63) is 59.7 Å². The van der Waals surface area contributed by atoms with Crippen LogP contribution in [0.15, 0.2) is 48.5 Å². The van der Waals surface area contributed by atoms with Gasteiger partial charge in [0, 0.05) is 6.04 Å². The van der Waals surface area contributed by atoms with Gasteiger partial charge < -0.3 is 19.5 Å². The summed E-state index contributed by atoms with van der Waals surface area (Å²) in [6.07, 6.45) is 2.28. The van der Waals surface area contributed by atoms with E-state index in [4.69, 9.17) is 14.2 Å². The molecule has 1 fully saturated rings. The van der Waals surface area contributed by atoms with Crippen LogP contribution in [-0.4, -0.2) is 31.6 Å². The molecule has 0 radical (unpaired) electrons. The van der Waals surface area contributed by atoms with E-state index in [1.165, 1.54) is 7.11 Å². The van der Waals surface area contributed by atoms with E-state index >= 15 is 0 Å². The number of benzene rings is 2. The number of nitrogens with one attached hydrogen (secondary N) is 1. The molecule has 0 spiro atoms. The van der Waals surface area contributed by atoms with Gasteiger partial charge in [-0.15, -0.1) is 0 Å². The number of ether oxygens (including phenoxy) is 3. The third kappa shape index (κ3) is 5.49. The van der Waals surface area contributed by atoms with E-state index in [0.29, 0.717) is 29.6 Å². The van der Waals surface area contributed by atoms with Crippen molar-refractivity contribution in [1.82, 2.24) is 5.32 Å². The van der Waals surface area contributed by atoms with Crippen molar-refractivity contribution >= 4 is 11.9 Å². The second-order valence-corrected chi connectivity index (χ2v) is 6.91. The highest BCUT2D eigenvalue weighted by Gasteiger charge is 2.29. The van der Waals surface area contributed by atoms with Crippen molar-refractivity contribution < 1.29 is 23.8 Å². The van der Waals surface area contributed by atoms with E-state index in [0.717, 1.165) is 18.4 Å². The molecule has 0 saturated heterocycles. The summed E-state index contributed by atoms with van der Waals surface area (Å²) in [5.74, 6) is 0.632. The third-order valence-electron chi connectivity index (χ3n) is 4.69. The molecule has 2 aromatic rings. The molecule has 2 aromatic carbocycles. The average Bonchev–Trinajstić information content (AvgIpc) is 3.56. The van der Waals surface area contributed by atoms with Crippen LogP contribution in [0.3, 0.4) is 0 Å². The van der Waals surface area contributed by atoms with Crippen molar-refractivity contribution in [2.24, 2.45) is 5.92 Å². The maximum atomic E-state index is 12.2. The van der Waals surface area contributed by atoms with Gasteiger partial charge in [0.2, 0.25) is 0 Å². The number of carbonyl (C=O) groups is 2. The van der Waals surface area contributed by atoms with Gasteiger partial charge >= 0.3 is 5.97 Å². The molecule has 0 bridgehead atoms. The second kappa shape index (κ2) is 9.26. The van der Waals surface area contributed by atoms with Gasteiger partial charge in [-0.3, -0.25) is 4.79 Å². The third-order valence-corrected chi connectivity index (χ3v) is 4.69. The van der Waals surface area contributed by atoms with Crippen LogP contribution in [0.2, 0.25) is 0 Å². The Kier molecular flexibility index (Phi) is 6.53. The van der Waals surface area contributed by atoms with Crippen LogP contribution in [0.1, 0.15) is 35.7 Å². The van der Waals surface area contributed by atoms with E-state index < -0.39 is 5.97 Å². The molecule has 1 saturated carbocycles. The fourth-order valence-corrected chi connectivity index (χ4v) is 2.87. The fraction of sp³-hybridized carbons (Fsp3) is 0.364. The highest BCUT2D eigenvalue weighted by atomic mass is 16.5. The number of hydrogen-bond acceptors (Lipinski definition) is 5. The van der Waals surface area contributed by atoms with Crippen LogP contribution in [-0.2, 0) is 16.1 Å².